The highest BCUT2D eigenvalue weighted by molar-refractivity contribution is 9.10. The van der Waals surface area contributed by atoms with E-state index < -0.39 is 11.8 Å². The summed E-state index contributed by atoms with van der Waals surface area (Å²) in [4.78, 5) is 16.0. The molecule has 3 rings (SSSR count). The van der Waals surface area contributed by atoms with Crippen molar-refractivity contribution >= 4 is 33.5 Å². The average molecular weight is 412 g/mol. The largest absolute Gasteiger partial charge is 0.452 e. The second-order valence-electron chi connectivity index (χ2n) is 4.72. The fourth-order valence-corrected chi connectivity index (χ4v) is 2.48. The van der Waals surface area contributed by atoms with Crippen LogP contribution in [-0.4, -0.2) is 16.1 Å². The number of carbonyl (C=O) groups excluding carboxylic acids is 1. The molecule has 0 atom stereocenters. The maximum Gasteiger partial charge on any atom is 0.341 e. The molecule has 0 radical (unpaired) electrons. The zero-order chi connectivity index (χ0) is 17.1. The zero-order valence-electron chi connectivity index (χ0n) is 12.0. The van der Waals surface area contributed by atoms with Crippen molar-refractivity contribution in [3.05, 3.63) is 69.2 Å². The first kappa shape index (κ1) is 16.6. The molecule has 24 heavy (non-hydrogen) atoms. The number of aromatic nitrogens is 2. The zero-order valence-corrected chi connectivity index (χ0v) is 14.3. The van der Waals surface area contributed by atoms with E-state index in [0.717, 1.165) is 16.1 Å². The van der Waals surface area contributed by atoms with Crippen LogP contribution in [0.3, 0.4) is 0 Å². The van der Waals surface area contributed by atoms with Gasteiger partial charge >= 0.3 is 5.97 Å². The van der Waals surface area contributed by atoms with Crippen molar-refractivity contribution in [2.24, 2.45) is 0 Å². The van der Waals surface area contributed by atoms with E-state index in [1.165, 1.54) is 12.1 Å². The van der Waals surface area contributed by atoms with Crippen molar-refractivity contribution in [3.63, 3.8) is 0 Å². The van der Waals surface area contributed by atoms with Crippen molar-refractivity contribution < 1.29 is 18.4 Å². The first-order valence-electron chi connectivity index (χ1n) is 6.73. The first-order chi connectivity index (χ1) is 11.5. The number of esters is 1. The van der Waals surface area contributed by atoms with Crippen LogP contribution >= 0.6 is 27.5 Å². The monoisotopic (exact) mass is 410 g/mol. The van der Waals surface area contributed by atoms with E-state index in [0.29, 0.717) is 5.82 Å². The number of benzene rings is 2. The smallest absolute Gasteiger partial charge is 0.341 e. The predicted molar refractivity (Wildman–Crippen MR) is 88.0 cm³/mol. The van der Waals surface area contributed by atoms with E-state index in [2.05, 4.69) is 26.1 Å². The second kappa shape index (κ2) is 7.11. The number of hydrogen-bond donors (Lipinski definition) is 0. The third-order valence-corrected chi connectivity index (χ3v) is 3.76. The van der Waals surface area contributed by atoms with E-state index in [9.17, 15) is 9.18 Å². The van der Waals surface area contributed by atoms with Gasteiger partial charge in [-0.25, -0.2) is 9.18 Å². The molecule has 0 fully saturated rings. The Morgan fingerprint density at radius 2 is 2.12 bits per heavy atom. The van der Waals surface area contributed by atoms with Gasteiger partial charge in [-0.2, -0.15) is 4.98 Å². The van der Waals surface area contributed by atoms with Crippen LogP contribution in [-0.2, 0) is 11.3 Å². The van der Waals surface area contributed by atoms with Gasteiger partial charge < -0.3 is 9.26 Å². The van der Waals surface area contributed by atoms with E-state index in [-0.39, 0.29) is 23.1 Å². The Bertz CT molecular complexity index is 901. The Kier molecular flexibility index (Phi) is 4.92. The maximum atomic E-state index is 13.6. The molecule has 0 N–H and O–H groups in total. The molecule has 0 aliphatic rings. The van der Waals surface area contributed by atoms with Crippen LogP contribution in [0, 0.1) is 5.82 Å². The van der Waals surface area contributed by atoms with Gasteiger partial charge in [0.15, 0.2) is 6.61 Å². The predicted octanol–water partition coefficient (Wildman–Crippen LogP) is 4.65. The molecule has 0 unspecified atom stereocenters. The number of halogens is 3. The third-order valence-electron chi connectivity index (χ3n) is 3.03. The standard InChI is InChI=1S/C16H9BrClFN2O3/c17-10-3-1-2-9(6-10)15-20-14(24-21-15)8-23-16(22)12-5-4-11(18)7-13(12)19/h1-7H,8H2. The summed E-state index contributed by atoms with van der Waals surface area (Å²) in [6.07, 6.45) is 0. The third kappa shape index (κ3) is 3.80. The van der Waals surface area contributed by atoms with Crippen molar-refractivity contribution in [2.45, 2.75) is 6.61 Å². The highest BCUT2D eigenvalue weighted by atomic mass is 79.9. The molecule has 0 saturated carbocycles. The van der Waals surface area contributed by atoms with Gasteiger partial charge in [0.1, 0.15) is 5.82 Å². The van der Waals surface area contributed by atoms with E-state index in [4.69, 9.17) is 20.9 Å². The Balaban J connectivity index is 1.68. The summed E-state index contributed by atoms with van der Waals surface area (Å²) in [6.45, 7) is -0.262. The number of rotatable bonds is 4. The second-order valence-corrected chi connectivity index (χ2v) is 6.07. The average Bonchev–Trinajstić information content (AvgIpc) is 3.01. The van der Waals surface area contributed by atoms with Crippen molar-refractivity contribution in [1.82, 2.24) is 10.1 Å². The van der Waals surface area contributed by atoms with Gasteiger partial charge in [-0.05, 0) is 30.3 Å². The summed E-state index contributed by atoms with van der Waals surface area (Å²) in [5, 5.41) is 4.01. The summed E-state index contributed by atoms with van der Waals surface area (Å²) in [5.74, 6) is -1.13. The lowest BCUT2D eigenvalue weighted by Crippen LogP contribution is -2.07. The molecule has 122 valence electrons. The topological polar surface area (TPSA) is 65.2 Å². The number of nitrogens with zero attached hydrogens (tertiary/aromatic N) is 2. The summed E-state index contributed by atoms with van der Waals surface area (Å²) in [6, 6.07) is 11.0. The van der Waals surface area contributed by atoms with E-state index in [1.807, 2.05) is 24.3 Å². The molecule has 2 aromatic carbocycles. The van der Waals surface area contributed by atoms with Gasteiger partial charge in [0.25, 0.3) is 5.89 Å². The lowest BCUT2D eigenvalue weighted by Gasteiger charge is -2.03. The highest BCUT2D eigenvalue weighted by Crippen LogP contribution is 2.21. The summed E-state index contributed by atoms with van der Waals surface area (Å²) < 4.78 is 24.5. The van der Waals surface area contributed by atoms with Crippen molar-refractivity contribution in [1.29, 1.82) is 0 Å². The van der Waals surface area contributed by atoms with Crippen molar-refractivity contribution in [3.8, 4) is 11.4 Å². The van der Waals surface area contributed by atoms with Crippen LogP contribution in [0.1, 0.15) is 16.2 Å². The molecular weight excluding hydrogens is 403 g/mol. The fourth-order valence-electron chi connectivity index (χ4n) is 1.92. The summed E-state index contributed by atoms with van der Waals surface area (Å²) in [5.41, 5.74) is 0.528. The van der Waals surface area contributed by atoms with Crippen LogP contribution in [0.4, 0.5) is 4.39 Å². The minimum absolute atomic E-state index is 0.104. The molecule has 5 nitrogen and oxygen atoms in total. The van der Waals surface area contributed by atoms with Gasteiger partial charge in [-0.1, -0.05) is 44.8 Å². The minimum atomic E-state index is -0.841. The molecule has 0 spiro atoms. The summed E-state index contributed by atoms with van der Waals surface area (Å²) in [7, 11) is 0. The molecule has 0 saturated heterocycles. The molecule has 0 amide bonds. The molecule has 8 heteroatoms. The Hall–Kier alpha value is -2.25. The van der Waals surface area contributed by atoms with Gasteiger partial charge in [0.05, 0.1) is 5.56 Å². The van der Waals surface area contributed by atoms with Gasteiger partial charge in [0, 0.05) is 15.1 Å². The number of carbonyl (C=O) groups is 1. The van der Waals surface area contributed by atoms with Crippen LogP contribution in [0.15, 0.2) is 51.5 Å². The van der Waals surface area contributed by atoms with Crippen LogP contribution in [0.5, 0.6) is 0 Å². The Morgan fingerprint density at radius 3 is 2.88 bits per heavy atom. The van der Waals surface area contributed by atoms with E-state index >= 15 is 0 Å². The maximum absolute atomic E-state index is 13.6. The fraction of sp³-hybridized carbons (Fsp3) is 0.0625. The molecule has 0 aliphatic carbocycles. The SMILES string of the molecule is O=C(OCc1nc(-c2cccc(Br)c2)no1)c1ccc(Cl)cc1F. The minimum Gasteiger partial charge on any atom is -0.452 e. The lowest BCUT2D eigenvalue weighted by atomic mass is 10.2. The normalized spacial score (nSPS) is 10.6. The lowest BCUT2D eigenvalue weighted by molar-refractivity contribution is 0.0424. The van der Waals surface area contributed by atoms with Crippen molar-refractivity contribution in [2.75, 3.05) is 0 Å². The first-order valence-corrected chi connectivity index (χ1v) is 7.91. The highest BCUT2D eigenvalue weighted by Gasteiger charge is 2.16. The van der Waals surface area contributed by atoms with Crippen LogP contribution in [0.25, 0.3) is 11.4 Å². The van der Waals surface area contributed by atoms with Gasteiger partial charge in [-0.15, -0.1) is 0 Å². The number of ether oxygens (including phenoxy) is 1. The summed E-state index contributed by atoms with van der Waals surface area (Å²) >= 11 is 8.99. The molecule has 3 aromatic rings. The molecule has 1 heterocycles. The van der Waals surface area contributed by atoms with Crippen LogP contribution < -0.4 is 0 Å². The molecule has 1 aromatic heterocycles. The van der Waals surface area contributed by atoms with E-state index in [1.54, 1.807) is 0 Å². The molecule has 0 bridgehead atoms. The quantitative estimate of drug-likeness (QED) is 0.585. The molecule has 0 aliphatic heterocycles. The Labute approximate surface area is 149 Å². The van der Waals surface area contributed by atoms with Crippen LogP contribution in [0.2, 0.25) is 5.02 Å². The number of hydrogen-bond acceptors (Lipinski definition) is 5. The van der Waals surface area contributed by atoms with Gasteiger partial charge in [-0.3, -0.25) is 0 Å². The Morgan fingerprint density at radius 1 is 1.29 bits per heavy atom. The molecular formula is C16H9BrClFN2O3. The van der Waals surface area contributed by atoms with Gasteiger partial charge in [0.2, 0.25) is 5.82 Å².